The highest BCUT2D eigenvalue weighted by Gasteiger charge is 2.16. The number of nitrogens with one attached hydrogen (secondary N) is 1. The number of carbonyl (C=O) groups excluding carboxylic acids is 1. The predicted molar refractivity (Wildman–Crippen MR) is 70.4 cm³/mol. The summed E-state index contributed by atoms with van der Waals surface area (Å²) < 4.78 is 5.20. The number of rotatable bonds is 5. The Morgan fingerprint density at radius 1 is 1.47 bits per heavy atom. The van der Waals surface area contributed by atoms with Crippen LogP contribution in [-0.2, 0) is 0 Å². The first-order valence-electron chi connectivity index (χ1n) is 5.56. The van der Waals surface area contributed by atoms with E-state index in [1.54, 1.807) is 14.2 Å². The van der Waals surface area contributed by atoms with E-state index in [-0.39, 0.29) is 12.3 Å². The van der Waals surface area contributed by atoms with E-state index in [9.17, 15) is 4.79 Å². The fourth-order valence-electron chi connectivity index (χ4n) is 1.56. The van der Waals surface area contributed by atoms with E-state index in [1.807, 2.05) is 12.1 Å². The maximum absolute atomic E-state index is 11.9. The van der Waals surface area contributed by atoms with Gasteiger partial charge in [0.05, 0.1) is 18.7 Å². The minimum Gasteiger partial charge on any atom is -0.495 e. The van der Waals surface area contributed by atoms with Crippen molar-refractivity contribution in [2.24, 2.45) is 0 Å². The van der Waals surface area contributed by atoms with Crippen LogP contribution in [0.1, 0.15) is 35.7 Å². The zero-order chi connectivity index (χ0) is 13.0. The fraction of sp³-hybridized carbons (Fsp3) is 0.462. The third-order valence-corrected chi connectivity index (χ3v) is 2.98. The molecule has 0 amide bonds. The molecule has 4 heteroatoms. The lowest BCUT2D eigenvalue weighted by molar-refractivity contribution is 0.0993. The first-order valence-corrected chi connectivity index (χ1v) is 5.94. The largest absolute Gasteiger partial charge is 0.495 e. The summed E-state index contributed by atoms with van der Waals surface area (Å²) in [5.74, 6) is 0.845. The summed E-state index contributed by atoms with van der Waals surface area (Å²) in [6, 6.07) is 3.72. The van der Waals surface area contributed by atoms with Gasteiger partial charge in [0.2, 0.25) is 0 Å². The normalized spacial score (nSPS) is 10.7. The van der Waals surface area contributed by atoms with Crippen molar-refractivity contribution in [2.45, 2.75) is 19.8 Å². The molecule has 0 spiro atoms. The van der Waals surface area contributed by atoms with Crippen molar-refractivity contribution in [3.05, 3.63) is 28.3 Å². The van der Waals surface area contributed by atoms with Crippen LogP contribution < -0.4 is 10.1 Å². The van der Waals surface area contributed by atoms with Gasteiger partial charge in [0, 0.05) is 5.56 Å². The second kappa shape index (κ2) is 6.03. The van der Waals surface area contributed by atoms with Gasteiger partial charge in [-0.05, 0) is 30.7 Å². The van der Waals surface area contributed by atoms with E-state index in [0.717, 1.165) is 5.56 Å². The highest BCUT2D eigenvalue weighted by atomic mass is 35.5. The van der Waals surface area contributed by atoms with E-state index in [4.69, 9.17) is 16.3 Å². The first-order chi connectivity index (χ1) is 8.01. The molecule has 1 N–H and O–H groups in total. The fourth-order valence-corrected chi connectivity index (χ4v) is 1.85. The van der Waals surface area contributed by atoms with Crippen molar-refractivity contribution in [2.75, 3.05) is 20.7 Å². The van der Waals surface area contributed by atoms with Crippen LogP contribution in [0.15, 0.2) is 12.1 Å². The number of Topliss-reactive ketones (excluding diaryl/α,β-unsaturated/α-hetero) is 1. The molecule has 0 unspecified atom stereocenters. The maximum atomic E-state index is 11.9. The number of ether oxygens (including phenoxy) is 1. The molecule has 17 heavy (non-hydrogen) atoms. The lowest BCUT2D eigenvalue weighted by atomic mass is 9.98. The third-order valence-electron chi connectivity index (χ3n) is 2.59. The zero-order valence-electron chi connectivity index (χ0n) is 10.6. The molecule has 0 heterocycles. The van der Waals surface area contributed by atoms with Gasteiger partial charge in [-0.15, -0.1) is 0 Å². The number of halogens is 1. The predicted octanol–water partition coefficient (Wildman–Crippen LogP) is 2.87. The van der Waals surface area contributed by atoms with Gasteiger partial charge in [-0.1, -0.05) is 25.4 Å². The number of carbonyl (C=O) groups is 1. The second-order valence-electron chi connectivity index (χ2n) is 4.19. The molecule has 0 radical (unpaired) electrons. The smallest absolute Gasteiger partial charge is 0.178 e. The number of ketones is 1. The topological polar surface area (TPSA) is 38.3 Å². The Hall–Kier alpha value is -1.06. The minimum atomic E-state index is -0.0294. The van der Waals surface area contributed by atoms with Gasteiger partial charge in [0.1, 0.15) is 5.75 Å². The van der Waals surface area contributed by atoms with Crippen LogP contribution in [0, 0.1) is 0 Å². The van der Waals surface area contributed by atoms with Gasteiger partial charge < -0.3 is 10.1 Å². The Morgan fingerprint density at radius 2 is 2.12 bits per heavy atom. The highest BCUT2D eigenvalue weighted by Crippen LogP contribution is 2.32. The maximum Gasteiger partial charge on any atom is 0.178 e. The molecule has 1 aromatic carbocycles. The quantitative estimate of drug-likeness (QED) is 0.823. The van der Waals surface area contributed by atoms with Gasteiger partial charge in [0.15, 0.2) is 5.78 Å². The zero-order valence-corrected chi connectivity index (χ0v) is 11.4. The lowest BCUT2D eigenvalue weighted by Crippen LogP contribution is -2.19. The molecule has 0 aromatic heterocycles. The number of hydrogen-bond donors (Lipinski definition) is 1. The Kier molecular flexibility index (Phi) is 4.97. The van der Waals surface area contributed by atoms with Crippen LogP contribution >= 0.6 is 11.6 Å². The first kappa shape index (κ1) is 14.0. The van der Waals surface area contributed by atoms with E-state index in [2.05, 4.69) is 19.2 Å². The standard InChI is InChI=1S/C13H18ClNO2/c1-8(2)9-5-10(11(16)7-15-3)13(14)12(6-9)17-4/h5-6,8,15H,7H2,1-4H3. The molecular weight excluding hydrogens is 238 g/mol. The van der Waals surface area contributed by atoms with E-state index >= 15 is 0 Å². The SMILES string of the molecule is CNCC(=O)c1cc(C(C)C)cc(OC)c1Cl. The molecule has 0 bridgehead atoms. The van der Waals surface area contributed by atoms with Crippen molar-refractivity contribution in [3.63, 3.8) is 0 Å². The lowest BCUT2D eigenvalue weighted by Gasteiger charge is -2.13. The summed E-state index contributed by atoms with van der Waals surface area (Å²) in [7, 11) is 3.28. The Balaban J connectivity index is 3.27. The minimum absolute atomic E-state index is 0.0294. The monoisotopic (exact) mass is 255 g/mol. The van der Waals surface area contributed by atoms with Crippen LogP contribution in [0.4, 0.5) is 0 Å². The van der Waals surface area contributed by atoms with Crippen molar-refractivity contribution >= 4 is 17.4 Å². The average molecular weight is 256 g/mol. The molecule has 0 aliphatic carbocycles. The van der Waals surface area contributed by atoms with Crippen molar-refractivity contribution < 1.29 is 9.53 Å². The molecule has 1 aromatic rings. The molecule has 0 aliphatic heterocycles. The molecule has 0 aliphatic rings. The van der Waals surface area contributed by atoms with Gasteiger partial charge in [0.25, 0.3) is 0 Å². The van der Waals surface area contributed by atoms with Crippen LogP contribution in [0.2, 0.25) is 5.02 Å². The van der Waals surface area contributed by atoms with Crippen LogP contribution in [-0.4, -0.2) is 26.5 Å². The van der Waals surface area contributed by atoms with Gasteiger partial charge in [-0.2, -0.15) is 0 Å². The van der Waals surface area contributed by atoms with Crippen molar-refractivity contribution in [3.8, 4) is 5.75 Å². The number of benzene rings is 1. The number of methoxy groups -OCH3 is 1. The molecular formula is C13H18ClNO2. The Labute approximate surface area is 107 Å². The Bertz CT molecular complexity index is 416. The number of likely N-dealkylation sites (N-methyl/N-ethyl adjacent to an activating group) is 1. The summed E-state index contributed by atoms with van der Waals surface area (Å²) >= 11 is 6.14. The van der Waals surface area contributed by atoms with Gasteiger partial charge in [-0.3, -0.25) is 4.79 Å². The van der Waals surface area contributed by atoms with Crippen molar-refractivity contribution in [1.29, 1.82) is 0 Å². The molecule has 0 fully saturated rings. The van der Waals surface area contributed by atoms with Crippen LogP contribution in [0.3, 0.4) is 0 Å². The van der Waals surface area contributed by atoms with Gasteiger partial charge in [-0.25, -0.2) is 0 Å². The van der Waals surface area contributed by atoms with E-state index in [0.29, 0.717) is 22.3 Å². The molecule has 0 saturated heterocycles. The summed E-state index contributed by atoms with van der Waals surface area (Å²) in [6.45, 7) is 4.40. The molecule has 0 atom stereocenters. The summed E-state index contributed by atoms with van der Waals surface area (Å²) in [5.41, 5.74) is 1.56. The van der Waals surface area contributed by atoms with Crippen molar-refractivity contribution in [1.82, 2.24) is 5.32 Å². The van der Waals surface area contributed by atoms with Crippen LogP contribution in [0.25, 0.3) is 0 Å². The molecule has 1 rings (SSSR count). The van der Waals surface area contributed by atoms with Gasteiger partial charge >= 0.3 is 0 Å². The summed E-state index contributed by atoms with van der Waals surface area (Å²) in [5, 5.41) is 3.22. The van der Waals surface area contributed by atoms with Crippen LogP contribution in [0.5, 0.6) is 5.75 Å². The molecule has 3 nitrogen and oxygen atoms in total. The number of hydrogen-bond acceptors (Lipinski definition) is 3. The molecule has 94 valence electrons. The van der Waals surface area contributed by atoms with E-state index < -0.39 is 0 Å². The third kappa shape index (κ3) is 3.20. The summed E-state index contributed by atoms with van der Waals surface area (Å²) in [4.78, 5) is 11.9. The summed E-state index contributed by atoms with van der Waals surface area (Å²) in [6.07, 6.45) is 0. The molecule has 0 saturated carbocycles. The average Bonchev–Trinajstić information content (AvgIpc) is 2.29. The highest BCUT2D eigenvalue weighted by molar-refractivity contribution is 6.35. The Morgan fingerprint density at radius 3 is 2.59 bits per heavy atom. The van der Waals surface area contributed by atoms with E-state index in [1.165, 1.54) is 0 Å². The second-order valence-corrected chi connectivity index (χ2v) is 4.57.